The molecule has 2 heterocycles. The maximum absolute atomic E-state index is 11.6. The lowest BCUT2D eigenvalue weighted by Gasteiger charge is -2.06. The van der Waals surface area contributed by atoms with Crippen LogP contribution in [0.2, 0.25) is 0 Å². The van der Waals surface area contributed by atoms with Crippen LogP contribution in [0, 0.1) is 0 Å². The van der Waals surface area contributed by atoms with Gasteiger partial charge in [-0.3, -0.25) is 4.79 Å². The number of nitrogens with zero attached hydrogens (tertiary/aromatic N) is 2. The monoisotopic (exact) mass is 299 g/mol. The molecule has 0 saturated carbocycles. The summed E-state index contributed by atoms with van der Waals surface area (Å²) in [5.41, 5.74) is 1.39. The highest BCUT2D eigenvalue weighted by atomic mass is 32.1. The van der Waals surface area contributed by atoms with Gasteiger partial charge in [0.15, 0.2) is 0 Å². The Labute approximate surface area is 125 Å². The number of benzene rings is 1. The SMILES string of the molecule is CCC(=O)Nc1ccccc1-c1nc(-c2cccs2)no1. The second-order valence-electron chi connectivity index (χ2n) is 4.35. The summed E-state index contributed by atoms with van der Waals surface area (Å²) in [6, 6.07) is 11.3. The number of aromatic nitrogens is 2. The summed E-state index contributed by atoms with van der Waals surface area (Å²) in [5.74, 6) is 0.891. The molecule has 0 bridgehead atoms. The number of amides is 1. The third kappa shape index (κ3) is 2.85. The zero-order chi connectivity index (χ0) is 14.7. The van der Waals surface area contributed by atoms with E-state index in [-0.39, 0.29) is 5.91 Å². The molecule has 3 rings (SSSR count). The van der Waals surface area contributed by atoms with Crippen molar-refractivity contribution >= 4 is 22.9 Å². The quantitative estimate of drug-likeness (QED) is 0.795. The third-order valence-electron chi connectivity index (χ3n) is 2.92. The van der Waals surface area contributed by atoms with Gasteiger partial charge in [0, 0.05) is 6.42 Å². The Morgan fingerprint density at radius 1 is 1.29 bits per heavy atom. The first-order chi connectivity index (χ1) is 10.3. The van der Waals surface area contributed by atoms with E-state index in [2.05, 4.69) is 15.5 Å². The van der Waals surface area contributed by atoms with E-state index in [0.717, 1.165) is 10.4 Å². The second-order valence-corrected chi connectivity index (χ2v) is 5.30. The van der Waals surface area contributed by atoms with Crippen LogP contribution in [0.1, 0.15) is 13.3 Å². The molecule has 1 N–H and O–H groups in total. The van der Waals surface area contributed by atoms with Crippen LogP contribution in [0.3, 0.4) is 0 Å². The first-order valence-electron chi connectivity index (χ1n) is 6.54. The Morgan fingerprint density at radius 2 is 2.14 bits per heavy atom. The van der Waals surface area contributed by atoms with Gasteiger partial charge in [0.1, 0.15) is 0 Å². The Hall–Kier alpha value is -2.47. The topological polar surface area (TPSA) is 68.0 Å². The van der Waals surface area contributed by atoms with Crippen molar-refractivity contribution < 1.29 is 9.32 Å². The molecule has 0 fully saturated rings. The van der Waals surface area contributed by atoms with Gasteiger partial charge in [-0.15, -0.1) is 11.3 Å². The molecule has 3 aromatic rings. The van der Waals surface area contributed by atoms with E-state index in [0.29, 0.717) is 23.8 Å². The maximum atomic E-state index is 11.6. The highest BCUT2D eigenvalue weighted by molar-refractivity contribution is 7.13. The van der Waals surface area contributed by atoms with Crippen LogP contribution in [0.4, 0.5) is 5.69 Å². The first-order valence-corrected chi connectivity index (χ1v) is 7.42. The van der Waals surface area contributed by atoms with E-state index in [1.165, 1.54) is 0 Å². The summed E-state index contributed by atoms with van der Waals surface area (Å²) in [7, 11) is 0. The normalized spacial score (nSPS) is 10.5. The summed E-state index contributed by atoms with van der Waals surface area (Å²) in [4.78, 5) is 16.9. The van der Waals surface area contributed by atoms with Gasteiger partial charge < -0.3 is 9.84 Å². The summed E-state index contributed by atoms with van der Waals surface area (Å²) in [6.07, 6.45) is 0.415. The number of thiophene rings is 1. The van der Waals surface area contributed by atoms with Crippen molar-refractivity contribution in [3.63, 3.8) is 0 Å². The van der Waals surface area contributed by atoms with Gasteiger partial charge in [0.05, 0.1) is 16.1 Å². The maximum Gasteiger partial charge on any atom is 0.260 e. The number of anilines is 1. The molecule has 0 spiro atoms. The van der Waals surface area contributed by atoms with Gasteiger partial charge in [-0.1, -0.05) is 30.3 Å². The van der Waals surface area contributed by atoms with Crippen LogP contribution in [0.5, 0.6) is 0 Å². The number of hydrogen-bond acceptors (Lipinski definition) is 5. The Morgan fingerprint density at radius 3 is 2.90 bits per heavy atom. The summed E-state index contributed by atoms with van der Waals surface area (Å²) < 4.78 is 5.32. The number of para-hydroxylation sites is 1. The molecular formula is C15H13N3O2S. The Balaban J connectivity index is 1.95. The molecule has 2 aromatic heterocycles. The highest BCUT2D eigenvalue weighted by Gasteiger charge is 2.15. The van der Waals surface area contributed by atoms with Crippen molar-refractivity contribution in [3.8, 4) is 22.2 Å². The van der Waals surface area contributed by atoms with Gasteiger partial charge >= 0.3 is 0 Å². The minimum absolute atomic E-state index is 0.0551. The van der Waals surface area contributed by atoms with E-state index in [4.69, 9.17) is 4.52 Å². The van der Waals surface area contributed by atoms with Crippen LogP contribution in [-0.4, -0.2) is 16.0 Å². The molecule has 6 heteroatoms. The second kappa shape index (κ2) is 5.88. The average Bonchev–Trinajstić information content (AvgIpc) is 3.18. The molecule has 106 valence electrons. The number of carbonyl (C=O) groups excluding carboxylic acids is 1. The number of rotatable bonds is 4. The summed E-state index contributed by atoms with van der Waals surface area (Å²) >= 11 is 1.55. The number of carbonyl (C=O) groups is 1. The van der Waals surface area contributed by atoms with Crippen LogP contribution in [-0.2, 0) is 4.79 Å². The fourth-order valence-electron chi connectivity index (χ4n) is 1.86. The van der Waals surface area contributed by atoms with Crippen molar-refractivity contribution in [3.05, 3.63) is 41.8 Å². The number of nitrogens with one attached hydrogen (secondary N) is 1. The molecule has 1 aromatic carbocycles. The highest BCUT2D eigenvalue weighted by Crippen LogP contribution is 2.29. The summed E-state index contributed by atoms with van der Waals surface area (Å²) in [6.45, 7) is 1.81. The zero-order valence-corrected chi connectivity index (χ0v) is 12.2. The molecule has 21 heavy (non-hydrogen) atoms. The van der Waals surface area contributed by atoms with E-state index in [9.17, 15) is 4.79 Å². The van der Waals surface area contributed by atoms with Gasteiger partial charge in [-0.2, -0.15) is 4.98 Å². The molecule has 5 nitrogen and oxygen atoms in total. The van der Waals surface area contributed by atoms with Crippen LogP contribution < -0.4 is 5.32 Å². The van der Waals surface area contributed by atoms with Gasteiger partial charge in [-0.05, 0) is 23.6 Å². The lowest BCUT2D eigenvalue weighted by atomic mass is 10.1. The standard InChI is InChI=1S/C15H13N3O2S/c1-2-13(19)16-11-7-4-3-6-10(11)15-17-14(18-20-15)12-8-5-9-21-12/h3-9H,2H2,1H3,(H,16,19). The van der Waals surface area contributed by atoms with Crippen molar-refractivity contribution in [2.45, 2.75) is 13.3 Å². The third-order valence-corrected chi connectivity index (χ3v) is 3.79. The van der Waals surface area contributed by atoms with Gasteiger partial charge in [-0.25, -0.2) is 0 Å². The molecule has 0 unspecified atom stereocenters. The van der Waals surface area contributed by atoms with Crippen molar-refractivity contribution in [2.75, 3.05) is 5.32 Å². The minimum atomic E-state index is -0.0551. The van der Waals surface area contributed by atoms with Crippen molar-refractivity contribution in [2.24, 2.45) is 0 Å². The molecule has 1 amide bonds. The molecule has 0 radical (unpaired) electrons. The first kappa shape index (κ1) is 13.5. The van der Waals surface area contributed by atoms with Crippen molar-refractivity contribution in [1.82, 2.24) is 10.1 Å². The molecular weight excluding hydrogens is 286 g/mol. The molecule has 0 saturated heterocycles. The Kier molecular flexibility index (Phi) is 3.79. The summed E-state index contributed by atoms with van der Waals surface area (Å²) in [5, 5.41) is 8.78. The van der Waals surface area contributed by atoms with E-state index >= 15 is 0 Å². The lowest BCUT2D eigenvalue weighted by Crippen LogP contribution is -2.10. The van der Waals surface area contributed by atoms with Gasteiger partial charge in [0.25, 0.3) is 5.89 Å². The fraction of sp³-hybridized carbons (Fsp3) is 0.133. The average molecular weight is 299 g/mol. The van der Waals surface area contributed by atoms with Crippen molar-refractivity contribution in [1.29, 1.82) is 0 Å². The lowest BCUT2D eigenvalue weighted by molar-refractivity contribution is -0.115. The van der Waals surface area contributed by atoms with Crippen LogP contribution in [0.15, 0.2) is 46.3 Å². The molecule has 0 atom stereocenters. The van der Waals surface area contributed by atoms with Crippen LogP contribution in [0.25, 0.3) is 22.2 Å². The number of hydrogen-bond donors (Lipinski definition) is 1. The zero-order valence-electron chi connectivity index (χ0n) is 11.4. The smallest absolute Gasteiger partial charge is 0.260 e. The predicted molar refractivity (Wildman–Crippen MR) is 82.0 cm³/mol. The van der Waals surface area contributed by atoms with E-state index in [1.807, 2.05) is 41.8 Å². The molecule has 0 aliphatic rings. The minimum Gasteiger partial charge on any atom is -0.334 e. The predicted octanol–water partition coefficient (Wildman–Crippen LogP) is 3.81. The largest absolute Gasteiger partial charge is 0.334 e. The Bertz CT molecular complexity index is 750. The van der Waals surface area contributed by atoms with Crippen LogP contribution >= 0.6 is 11.3 Å². The molecule has 0 aliphatic heterocycles. The van der Waals surface area contributed by atoms with Gasteiger partial charge in [0.2, 0.25) is 11.7 Å². The fourth-order valence-corrected chi connectivity index (χ4v) is 2.51. The van der Waals surface area contributed by atoms with E-state index in [1.54, 1.807) is 18.3 Å². The van der Waals surface area contributed by atoms with E-state index < -0.39 is 0 Å². The molecule has 0 aliphatic carbocycles.